The average Bonchev–Trinajstić information content (AvgIpc) is 2.59. The van der Waals surface area contributed by atoms with Gasteiger partial charge in [0.25, 0.3) is 5.69 Å². The molecule has 2 aromatic rings. The molecule has 11 heteroatoms. The van der Waals surface area contributed by atoms with Crippen molar-refractivity contribution in [3.63, 3.8) is 0 Å². The van der Waals surface area contributed by atoms with Crippen LogP contribution in [0.5, 0.6) is 0 Å². The predicted octanol–water partition coefficient (Wildman–Crippen LogP) is 3.64. The molecule has 0 radical (unpaired) electrons. The summed E-state index contributed by atoms with van der Waals surface area (Å²) in [6.07, 6.45) is 1.13. The number of amides is 2. The van der Waals surface area contributed by atoms with Crippen molar-refractivity contribution in [3.05, 3.63) is 67.1 Å². The van der Waals surface area contributed by atoms with Gasteiger partial charge in [-0.2, -0.15) is 5.10 Å². The highest BCUT2D eigenvalue weighted by molar-refractivity contribution is 6.43. The number of halogens is 3. The highest BCUT2D eigenvalue weighted by Gasteiger charge is 2.14. The van der Waals surface area contributed by atoms with Crippen molar-refractivity contribution in [2.75, 3.05) is 5.32 Å². The number of nitro benzene ring substituents is 1. The molecular formula is C15H9Cl3N4O4. The maximum atomic E-state index is 11.8. The van der Waals surface area contributed by atoms with Crippen LogP contribution in [0.2, 0.25) is 15.1 Å². The standard InChI is InChI=1S/C15H9Cl3N4O4/c16-10-4-2-9(6-12(10)18)20-14(23)15(24)21-19-7-8-1-3-11(17)13(5-8)22(25)26/h1-7H,(H,20,23)(H,21,24). The van der Waals surface area contributed by atoms with Gasteiger partial charge in [0.1, 0.15) is 5.02 Å². The molecule has 0 aromatic heterocycles. The van der Waals surface area contributed by atoms with E-state index in [0.717, 1.165) is 6.21 Å². The van der Waals surface area contributed by atoms with E-state index in [1.165, 1.54) is 36.4 Å². The molecular weight excluding hydrogens is 407 g/mol. The molecule has 2 aromatic carbocycles. The van der Waals surface area contributed by atoms with Gasteiger partial charge in [-0.05, 0) is 24.3 Å². The van der Waals surface area contributed by atoms with Crippen LogP contribution in [-0.2, 0) is 9.59 Å². The van der Waals surface area contributed by atoms with Gasteiger partial charge in [0.15, 0.2) is 0 Å². The molecule has 0 bridgehead atoms. The van der Waals surface area contributed by atoms with Gasteiger partial charge < -0.3 is 5.32 Å². The van der Waals surface area contributed by atoms with Crippen molar-refractivity contribution in [1.29, 1.82) is 0 Å². The van der Waals surface area contributed by atoms with E-state index in [4.69, 9.17) is 34.8 Å². The van der Waals surface area contributed by atoms with Crippen molar-refractivity contribution >= 4 is 64.2 Å². The molecule has 0 heterocycles. The monoisotopic (exact) mass is 414 g/mol. The summed E-state index contributed by atoms with van der Waals surface area (Å²) in [6, 6.07) is 8.26. The van der Waals surface area contributed by atoms with E-state index >= 15 is 0 Å². The molecule has 0 saturated carbocycles. The number of hydrazone groups is 1. The molecule has 2 amide bonds. The van der Waals surface area contributed by atoms with Crippen molar-refractivity contribution in [1.82, 2.24) is 5.43 Å². The van der Waals surface area contributed by atoms with Gasteiger partial charge in [0.05, 0.1) is 21.2 Å². The minimum atomic E-state index is -1.05. The summed E-state index contributed by atoms with van der Waals surface area (Å²) in [5.74, 6) is -2.03. The highest BCUT2D eigenvalue weighted by Crippen LogP contribution is 2.25. The van der Waals surface area contributed by atoms with Crippen LogP contribution in [0, 0.1) is 10.1 Å². The molecule has 0 atom stereocenters. The third-order valence-corrected chi connectivity index (χ3v) is 3.99. The van der Waals surface area contributed by atoms with Crippen LogP contribution in [0.4, 0.5) is 11.4 Å². The minimum absolute atomic E-state index is 0.0304. The molecule has 0 unspecified atom stereocenters. The molecule has 0 fully saturated rings. The third-order valence-electron chi connectivity index (χ3n) is 2.93. The summed E-state index contributed by atoms with van der Waals surface area (Å²) >= 11 is 17.3. The van der Waals surface area contributed by atoms with Crippen molar-refractivity contribution < 1.29 is 14.5 Å². The number of nitro groups is 1. The number of carbonyl (C=O) groups is 2. The van der Waals surface area contributed by atoms with E-state index in [9.17, 15) is 19.7 Å². The number of nitrogens with zero attached hydrogens (tertiary/aromatic N) is 2. The fourth-order valence-corrected chi connectivity index (χ4v) is 2.21. The minimum Gasteiger partial charge on any atom is -0.318 e. The zero-order chi connectivity index (χ0) is 19.3. The number of hydrogen-bond acceptors (Lipinski definition) is 5. The van der Waals surface area contributed by atoms with E-state index in [1.54, 1.807) is 0 Å². The summed E-state index contributed by atoms with van der Waals surface area (Å²) in [6.45, 7) is 0. The Bertz CT molecular complexity index is 918. The molecule has 2 rings (SSSR count). The molecule has 0 aliphatic heterocycles. The fourth-order valence-electron chi connectivity index (χ4n) is 1.73. The van der Waals surface area contributed by atoms with E-state index < -0.39 is 16.7 Å². The Morgan fingerprint density at radius 3 is 2.35 bits per heavy atom. The lowest BCUT2D eigenvalue weighted by Crippen LogP contribution is -2.32. The second-order valence-electron chi connectivity index (χ2n) is 4.75. The topological polar surface area (TPSA) is 114 Å². The second kappa shape index (κ2) is 8.61. The summed E-state index contributed by atoms with van der Waals surface area (Å²) in [7, 11) is 0. The first-order valence-corrected chi connectivity index (χ1v) is 7.94. The SMILES string of the molecule is O=C(NN=Cc1ccc(Cl)c([N+](=O)[O-])c1)C(=O)Nc1ccc(Cl)c(Cl)c1. The van der Waals surface area contributed by atoms with Crippen LogP contribution in [0.3, 0.4) is 0 Å². The first-order chi connectivity index (χ1) is 12.3. The Balaban J connectivity index is 1.98. The first-order valence-electron chi connectivity index (χ1n) is 6.81. The van der Waals surface area contributed by atoms with Crippen LogP contribution < -0.4 is 10.7 Å². The first kappa shape index (κ1) is 19.6. The predicted molar refractivity (Wildman–Crippen MR) is 98.9 cm³/mol. The molecule has 0 aliphatic carbocycles. The quantitative estimate of drug-likeness (QED) is 0.343. The number of carbonyl (C=O) groups excluding carboxylic acids is 2. The van der Waals surface area contributed by atoms with E-state index in [0.29, 0.717) is 10.6 Å². The van der Waals surface area contributed by atoms with Gasteiger partial charge in [0.2, 0.25) is 0 Å². The van der Waals surface area contributed by atoms with Crippen LogP contribution in [0.25, 0.3) is 0 Å². The van der Waals surface area contributed by atoms with Crippen LogP contribution in [0.15, 0.2) is 41.5 Å². The fraction of sp³-hybridized carbons (Fsp3) is 0. The summed E-state index contributed by atoms with van der Waals surface area (Å²) < 4.78 is 0. The highest BCUT2D eigenvalue weighted by atomic mass is 35.5. The van der Waals surface area contributed by atoms with Crippen molar-refractivity contribution in [2.24, 2.45) is 5.10 Å². The van der Waals surface area contributed by atoms with E-state index in [2.05, 4.69) is 10.4 Å². The van der Waals surface area contributed by atoms with E-state index in [-0.39, 0.29) is 21.4 Å². The normalized spacial score (nSPS) is 10.6. The molecule has 2 N–H and O–H groups in total. The maximum absolute atomic E-state index is 11.8. The summed E-state index contributed by atoms with van der Waals surface area (Å²) in [5.41, 5.74) is 2.28. The summed E-state index contributed by atoms with van der Waals surface area (Å²) in [4.78, 5) is 33.6. The largest absolute Gasteiger partial charge is 0.329 e. The van der Waals surface area contributed by atoms with Gasteiger partial charge in [-0.3, -0.25) is 19.7 Å². The molecule has 0 aliphatic rings. The Labute approximate surface area is 161 Å². The summed E-state index contributed by atoms with van der Waals surface area (Å²) in [5, 5.41) is 17.2. The number of hydrogen-bond donors (Lipinski definition) is 2. The molecule has 134 valence electrons. The lowest BCUT2D eigenvalue weighted by Gasteiger charge is -2.05. The van der Waals surface area contributed by atoms with Gasteiger partial charge in [-0.15, -0.1) is 0 Å². The Morgan fingerprint density at radius 1 is 1.00 bits per heavy atom. The third kappa shape index (κ3) is 5.16. The van der Waals surface area contributed by atoms with Crippen LogP contribution in [-0.4, -0.2) is 23.0 Å². The van der Waals surface area contributed by atoms with Gasteiger partial charge in [-0.25, -0.2) is 5.43 Å². The van der Waals surface area contributed by atoms with Crippen LogP contribution >= 0.6 is 34.8 Å². The molecule has 8 nitrogen and oxygen atoms in total. The number of benzene rings is 2. The van der Waals surface area contributed by atoms with Gasteiger partial charge in [0, 0.05) is 17.3 Å². The smallest absolute Gasteiger partial charge is 0.318 e. The average molecular weight is 416 g/mol. The molecule has 26 heavy (non-hydrogen) atoms. The number of nitrogens with one attached hydrogen (secondary N) is 2. The van der Waals surface area contributed by atoms with Crippen molar-refractivity contribution in [3.8, 4) is 0 Å². The van der Waals surface area contributed by atoms with Crippen molar-refractivity contribution in [2.45, 2.75) is 0 Å². The Morgan fingerprint density at radius 2 is 1.69 bits per heavy atom. The van der Waals surface area contributed by atoms with Gasteiger partial charge >= 0.3 is 11.8 Å². The Kier molecular flexibility index (Phi) is 6.51. The van der Waals surface area contributed by atoms with Gasteiger partial charge in [-0.1, -0.05) is 40.9 Å². The second-order valence-corrected chi connectivity index (χ2v) is 5.97. The molecule has 0 spiro atoms. The number of rotatable bonds is 4. The zero-order valence-electron chi connectivity index (χ0n) is 12.7. The Hall–Kier alpha value is -2.68. The van der Waals surface area contributed by atoms with Crippen LogP contribution in [0.1, 0.15) is 5.56 Å². The lowest BCUT2D eigenvalue weighted by atomic mass is 10.2. The number of anilines is 1. The molecule has 0 saturated heterocycles. The maximum Gasteiger partial charge on any atom is 0.329 e. The zero-order valence-corrected chi connectivity index (χ0v) is 15.0. The van der Waals surface area contributed by atoms with E-state index in [1.807, 2.05) is 5.43 Å². The lowest BCUT2D eigenvalue weighted by molar-refractivity contribution is -0.384.